The largest absolute Gasteiger partial charge is 0.453 e. The maximum absolute atomic E-state index is 13.8. The number of carbonyl (C=O) groups is 1. The van der Waals surface area contributed by atoms with E-state index in [-0.39, 0.29) is 18.2 Å². The van der Waals surface area contributed by atoms with Crippen LogP contribution < -0.4 is 5.32 Å². The number of benzene rings is 3. The van der Waals surface area contributed by atoms with E-state index in [0.717, 1.165) is 27.4 Å². The van der Waals surface area contributed by atoms with Crippen molar-refractivity contribution in [2.24, 2.45) is 0 Å². The number of rotatable bonds is 4. The zero-order valence-electron chi connectivity index (χ0n) is 15.2. The number of hydrogen-bond donors (Lipinski definition) is 1. The molecule has 6 heteroatoms. The van der Waals surface area contributed by atoms with Gasteiger partial charge in [0.1, 0.15) is 11.6 Å². The van der Waals surface area contributed by atoms with E-state index in [1.54, 1.807) is 12.1 Å². The SMILES string of the molecule is COC(=O)NCc1cn(Cc2cccc3ccc(F)cc23)c2ccc(F)cc12. The van der Waals surface area contributed by atoms with E-state index < -0.39 is 6.09 Å². The Labute approximate surface area is 160 Å². The number of amides is 1. The summed E-state index contributed by atoms with van der Waals surface area (Å²) in [5.74, 6) is -0.640. The Balaban J connectivity index is 1.77. The number of alkyl carbamates (subject to hydrolysis) is 1. The predicted molar refractivity (Wildman–Crippen MR) is 104 cm³/mol. The van der Waals surface area contributed by atoms with Gasteiger partial charge in [-0.3, -0.25) is 0 Å². The Bertz CT molecular complexity index is 1180. The zero-order valence-corrected chi connectivity index (χ0v) is 15.2. The van der Waals surface area contributed by atoms with E-state index in [4.69, 9.17) is 0 Å². The molecule has 0 saturated carbocycles. The van der Waals surface area contributed by atoms with Gasteiger partial charge in [-0.25, -0.2) is 13.6 Å². The standard InChI is InChI=1S/C22H18F2N2O2/c1-28-22(27)25-11-16-13-26(21-8-7-18(24)10-20(16)21)12-15-4-2-3-14-5-6-17(23)9-19(14)15/h2-10,13H,11-12H2,1H3,(H,25,27). The van der Waals surface area contributed by atoms with Crippen molar-refractivity contribution in [2.75, 3.05) is 7.11 Å². The minimum Gasteiger partial charge on any atom is -0.453 e. The first-order valence-corrected chi connectivity index (χ1v) is 8.81. The maximum Gasteiger partial charge on any atom is 0.407 e. The van der Waals surface area contributed by atoms with Gasteiger partial charge in [0.05, 0.1) is 7.11 Å². The van der Waals surface area contributed by atoms with Crippen LogP contribution in [0.3, 0.4) is 0 Å². The van der Waals surface area contributed by atoms with Crippen molar-refractivity contribution in [2.45, 2.75) is 13.1 Å². The van der Waals surface area contributed by atoms with Crippen molar-refractivity contribution < 1.29 is 18.3 Å². The molecule has 4 rings (SSSR count). The molecule has 0 saturated heterocycles. The monoisotopic (exact) mass is 380 g/mol. The lowest BCUT2D eigenvalue weighted by molar-refractivity contribution is 0.170. The number of nitrogens with zero attached hydrogens (tertiary/aromatic N) is 1. The summed E-state index contributed by atoms with van der Waals surface area (Å²) in [7, 11) is 1.29. The molecule has 1 amide bonds. The van der Waals surface area contributed by atoms with Crippen LogP contribution in [0.25, 0.3) is 21.7 Å². The molecular formula is C22H18F2N2O2. The lowest BCUT2D eigenvalue weighted by Crippen LogP contribution is -2.22. The van der Waals surface area contributed by atoms with Gasteiger partial charge in [-0.1, -0.05) is 24.3 Å². The van der Waals surface area contributed by atoms with Crippen LogP contribution in [0.5, 0.6) is 0 Å². The highest BCUT2D eigenvalue weighted by molar-refractivity contribution is 5.87. The van der Waals surface area contributed by atoms with Crippen molar-refractivity contribution in [3.63, 3.8) is 0 Å². The van der Waals surface area contributed by atoms with Crippen molar-refractivity contribution in [1.82, 2.24) is 9.88 Å². The molecule has 1 aromatic heterocycles. The molecular weight excluding hydrogens is 362 g/mol. The van der Waals surface area contributed by atoms with Crippen LogP contribution in [0.15, 0.2) is 60.8 Å². The van der Waals surface area contributed by atoms with Crippen molar-refractivity contribution in [1.29, 1.82) is 0 Å². The van der Waals surface area contributed by atoms with Crippen molar-refractivity contribution in [3.05, 3.63) is 83.6 Å². The van der Waals surface area contributed by atoms with Gasteiger partial charge in [0.25, 0.3) is 0 Å². The molecule has 1 heterocycles. The van der Waals surface area contributed by atoms with Crippen LogP contribution in [-0.2, 0) is 17.8 Å². The van der Waals surface area contributed by atoms with E-state index in [0.29, 0.717) is 11.9 Å². The Morgan fingerprint density at radius 2 is 1.75 bits per heavy atom. The Hall–Kier alpha value is -3.41. The van der Waals surface area contributed by atoms with Crippen LogP contribution in [0.2, 0.25) is 0 Å². The fraction of sp³-hybridized carbons (Fsp3) is 0.136. The lowest BCUT2D eigenvalue weighted by Gasteiger charge is -2.09. The Kier molecular flexibility index (Phi) is 4.69. The number of fused-ring (bicyclic) bond motifs is 2. The summed E-state index contributed by atoms with van der Waals surface area (Å²) >= 11 is 0. The average molecular weight is 380 g/mol. The molecule has 0 atom stereocenters. The fourth-order valence-electron chi connectivity index (χ4n) is 3.49. The fourth-order valence-corrected chi connectivity index (χ4v) is 3.49. The first-order valence-electron chi connectivity index (χ1n) is 8.81. The van der Waals surface area contributed by atoms with E-state index in [9.17, 15) is 13.6 Å². The quantitative estimate of drug-likeness (QED) is 0.543. The molecule has 142 valence electrons. The maximum atomic E-state index is 13.8. The average Bonchev–Trinajstić information content (AvgIpc) is 3.03. The summed E-state index contributed by atoms with van der Waals surface area (Å²) in [6.07, 6.45) is 1.32. The topological polar surface area (TPSA) is 43.3 Å². The van der Waals surface area contributed by atoms with Gasteiger partial charge in [0.2, 0.25) is 0 Å². The Morgan fingerprint density at radius 3 is 2.54 bits per heavy atom. The second-order valence-electron chi connectivity index (χ2n) is 6.57. The second-order valence-corrected chi connectivity index (χ2v) is 6.57. The highest BCUT2D eigenvalue weighted by Gasteiger charge is 2.12. The normalized spacial score (nSPS) is 11.1. The molecule has 4 aromatic rings. The molecule has 3 aromatic carbocycles. The molecule has 0 unspecified atom stereocenters. The second kappa shape index (κ2) is 7.31. The van der Waals surface area contributed by atoms with Crippen LogP contribution >= 0.6 is 0 Å². The van der Waals surface area contributed by atoms with Crippen molar-refractivity contribution in [3.8, 4) is 0 Å². The van der Waals surface area contributed by atoms with Gasteiger partial charge >= 0.3 is 6.09 Å². The molecule has 0 aliphatic carbocycles. The van der Waals surface area contributed by atoms with Crippen LogP contribution in [0, 0.1) is 11.6 Å². The van der Waals surface area contributed by atoms with Gasteiger partial charge in [0.15, 0.2) is 0 Å². The first-order chi connectivity index (χ1) is 13.5. The van der Waals surface area contributed by atoms with Gasteiger partial charge in [0, 0.05) is 30.2 Å². The number of ether oxygens (including phenoxy) is 1. The molecule has 0 bridgehead atoms. The predicted octanol–water partition coefficient (Wildman–Crippen LogP) is 4.98. The highest BCUT2D eigenvalue weighted by atomic mass is 19.1. The summed E-state index contributed by atoms with van der Waals surface area (Å²) in [6, 6.07) is 15.1. The molecule has 0 radical (unpaired) electrons. The summed E-state index contributed by atoms with van der Waals surface area (Å²) in [4.78, 5) is 11.4. The third-order valence-corrected chi connectivity index (χ3v) is 4.81. The minimum absolute atomic E-state index is 0.212. The van der Waals surface area contributed by atoms with E-state index in [1.165, 1.54) is 31.4 Å². The van der Waals surface area contributed by atoms with Gasteiger partial charge in [-0.05, 0) is 52.2 Å². The summed E-state index contributed by atoms with van der Waals surface area (Å²) < 4.78 is 34.2. The minimum atomic E-state index is -0.554. The third-order valence-electron chi connectivity index (χ3n) is 4.81. The number of halogens is 2. The molecule has 1 N–H and O–H groups in total. The van der Waals surface area contributed by atoms with Crippen LogP contribution in [-0.4, -0.2) is 17.8 Å². The number of carbonyl (C=O) groups excluding carboxylic acids is 1. The van der Waals surface area contributed by atoms with E-state index in [2.05, 4.69) is 10.1 Å². The molecule has 0 spiro atoms. The summed E-state index contributed by atoms with van der Waals surface area (Å²) in [5, 5.41) is 5.13. The summed E-state index contributed by atoms with van der Waals surface area (Å²) in [6.45, 7) is 0.699. The van der Waals surface area contributed by atoms with Gasteiger partial charge in [-0.2, -0.15) is 0 Å². The number of nitrogens with one attached hydrogen (secondary N) is 1. The number of hydrogen-bond acceptors (Lipinski definition) is 2. The molecule has 0 fully saturated rings. The lowest BCUT2D eigenvalue weighted by atomic mass is 10.0. The smallest absolute Gasteiger partial charge is 0.407 e. The van der Waals surface area contributed by atoms with E-state index >= 15 is 0 Å². The molecule has 0 aliphatic rings. The zero-order chi connectivity index (χ0) is 19.7. The van der Waals surface area contributed by atoms with Gasteiger partial charge < -0.3 is 14.6 Å². The highest BCUT2D eigenvalue weighted by Crippen LogP contribution is 2.26. The number of methoxy groups -OCH3 is 1. The molecule has 0 aliphatic heterocycles. The summed E-state index contributed by atoms with van der Waals surface area (Å²) in [5.41, 5.74) is 2.55. The molecule has 4 nitrogen and oxygen atoms in total. The van der Waals surface area contributed by atoms with Crippen molar-refractivity contribution >= 4 is 27.8 Å². The van der Waals surface area contributed by atoms with Crippen LogP contribution in [0.1, 0.15) is 11.1 Å². The molecule has 28 heavy (non-hydrogen) atoms. The third kappa shape index (κ3) is 3.41. The number of aromatic nitrogens is 1. The van der Waals surface area contributed by atoms with E-state index in [1.807, 2.05) is 29.0 Å². The Morgan fingerprint density at radius 1 is 1.00 bits per heavy atom. The first kappa shape index (κ1) is 18.0. The van der Waals surface area contributed by atoms with Crippen LogP contribution in [0.4, 0.5) is 13.6 Å². The van der Waals surface area contributed by atoms with Gasteiger partial charge in [-0.15, -0.1) is 0 Å².